The standard InChI is InChI=1S/C16H11S.C5H5S/c1-3-7-13(8-4-1)15-11-12-17-16(15)14-9-5-2-6-10-14;1-5-3-2-4-6-5/h1-11H;2-3H,1H3. The van der Waals surface area contributed by atoms with Gasteiger partial charge in [0.25, 0.3) is 0 Å². The molecule has 0 unspecified atom stereocenters. The van der Waals surface area contributed by atoms with E-state index in [-0.39, 0.29) is 0 Å². The van der Waals surface area contributed by atoms with E-state index in [4.69, 9.17) is 0 Å². The number of hydrogen-bond donors (Lipinski definition) is 0. The van der Waals surface area contributed by atoms with E-state index in [9.17, 15) is 0 Å². The molecule has 0 amide bonds. The highest BCUT2D eigenvalue weighted by atomic mass is 32.1. The molecule has 2 aromatic carbocycles. The van der Waals surface area contributed by atoms with Crippen molar-refractivity contribution in [2.75, 3.05) is 0 Å². The molecule has 4 aromatic rings. The minimum absolute atomic E-state index is 1.25. The Morgan fingerprint density at radius 3 is 1.87 bits per heavy atom. The summed E-state index contributed by atoms with van der Waals surface area (Å²) in [5.41, 5.74) is 3.78. The molecule has 0 N–H and O–H groups in total. The molecule has 2 heterocycles. The lowest BCUT2D eigenvalue weighted by molar-refractivity contribution is 1.64. The summed E-state index contributed by atoms with van der Waals surface area (Å²) in [7, 11) is 0. The van der Waals surface area contributed by atoms with Crippen molar-refractivity contribution in [1.82, 2.24) is 0 Å². The number of aryl methyl sites for hydroxylation is 1. The lowest BCUT2D eigenvalue weighted by Crippen LogP contribution is -1.77. The molecule has 2 radical (unpaired) electrons. The second kappa shape index (κ2) is 7.91. The predicted octanol–water partition coefficient (Wildman–Crippen LogP) is 6.74. The fourth-order valence-corrected chi connectivity index (χ4v) is 3.51. The van der Waals surface area contributed by atoms with Crippen LogP contribution in [0, 0.1) is 17.7 Å². The molecule has 2 heteroatoms. The van der Waals surface area contributed by atoms with Crippen LogP contribution in [0.1, 0.15) is 4.88 Å². The van der Waals surface area contributed by atoms with E-state index in [0.29, 0.717) is 0 Å². The van der Waals surface area contributed by atoms with Crippen LogP contribution < -0.4 is 0 Å². The van der Waals surface area contributed by atoms with E-state index < -0.39 is 0 Å². The monoisotopic (exact) mass is 332 g/mol. The van der Waals surface area contributed by atoms with Crippen molar-refractivity contribution in [3.05, 3.63) is 94.5 Å². The summed E-state index contributed by atoms with van der Waals surface area (Å²) in [5.74, 6) is 0. The Kier molecular flexibility index (Phi) is 5.41. The van der Waals surface area contributed by atoms with Gasteiger partial charge in [0.15, 0.2) is 0 Å². The van der Waals surface area contributed by atoms with Gasteiger partial charge >= 0.3 is 0 Å². The Morgan fingerprint density at radius 1 is 0.696 bits per heavy atom. The van der Waals surface area contributed by atoms with E-state index in [1.54, 1.807) is 22.7 Å². The second-order valence-corrected chi connectivity index (χ2v) is 6.93. The van der Waals surface area contributed by atoms with Crippen molar-refractivity contribution in [2.24, 2.45) is 0 Å². The zero-order valence-electron chi connectivity index (χ0n) is 12.8. The average molecular weight is 332 g/mol. The van der Waals surface area contributed by atoms with Gasteiger partial charge < -0.3 is 0 Å². The molecular weight excluding hydrogens is 316 g/mol. The minimum atomic E-state index is 1.25. The lowest BCUT2D eigenvalue weighted by atomic mass is 10.0. The molecular formula is C21H16S2. The zero-order chi connectivity index (χ0) is 15.9. The van der Waals surface area contributed by atoms with Crippen molar-refractivity contribution >= 4 is 22.7 Å². The molecule has 0 fully saturated rings. The fourth-order valence-electron chi connectivity index (χ4n) is 2.22. The summed E-state index contributed by atoms with van der Waals surface area (Å²) < 4.78 is 0. The van der Waals surface area contributed by atoms with Crippen LogP contribution >= 0.6 is 22.7 Å². The highest BCUT2D eigenvalue weighted by Gasteiger charge is 2.08. The first-order chi connectivity index (χ1) is 11.3. The topological polar surface area (TPSA) is 0 Å². The van der Waals surface area contributed by atoms with Crippen molar-refractivity contribution in [3.63, 3.8) is 0 Å². The van der Waals surface area contributed by atoms with Crippen LogP contribution in [0.2, 0.25) is 0 Å². The summed E-state index contributed by atoms with van der Waals surface area (Å²) in [6.07, 6.45) is 0. The molecule has 0 nitrogen and oxygen atoms in total. The van der Waals surface area contributed by atoms with Crippen molar-refractivity contribution < 1.29 is 0 Å². The maximum absolute atomic E-state index is 3.24. The summed E-state index contributed by atoms with van der Waals surface area (Å²) in [6, 6.07) is 27.0. The fraction of sp³-hybridized carbons (Fsp3) is 0.0476. The van der Waals surface area contributed by atoms with Gasteiger partial charge in [-0.15, -0.1) is 22.7 Å². The Bertz CT molecular complexity index is 759. The van der Waals surface area contributed by atoms with Crippen LogP contribution in [-0.4, -0.2) is 0 Å². The molecule has 0 aliphatic carbocycles. The van der Waals surface area contributed by atoms with Crippen molar-refractivity contribution in [3.8, 4) is 21.6 Å². The van der Waals surface area contributed by atoms with Crippen molar-refractivity contribution in [2.45, 2.75) is 6.92 Å². The lowest BCUT2D eigenvalue weighted by Gasteiger charge is -2.03. The Labute approximate surface area is 145 Å². The summed E-state index contributed by atoms with van der Waals surface area (Å²) in [4.78, 5) is 2.62. The smallest absolute Gasteiger partial charge is 0.0456 e. The van der Waals surface area contributed by atoms with Gasteiger partial charge in [0, 0.05) is 26.1 Å². The summed E-state index contributed by atoms with van der Waals surface area (Å²) in [6.45, 7) is 2.07. The molecule has 4 rings (SSSR count). The van der Waals surface area contributed by atoms with E-state index in [2.05, 4.69) is 72.3 Å². The van der Waals surface area contributed by atoms with Crippen LogP contribution in [-0.2, 0) is 0 Å². The first-order valence-electron chi connectivity index (χ1n) is 7.38. The number of thiophene rings is 2. The maximum atomic E-state index is 3.24. The Morgan fingerprint density at radius 2 is 1.35 bits per heavy atom. The first kappa shape index (κ1) is 15.7. The Balaban J connectivity index is 0.000000220. The van der Waals surface area contributed by atoms with Crippen LogP contribution in [0.15, 0.2) is 78.9 Å². The SMILES string of the molecule is Cc1cc[c]s1.[c]1cc(-c2ccccc2)c(-c2ccccc2)s1. The van der Waals surface area contributed by atoms with Gasteiger partial charge in [0.2, 0.25) is 0 Å². The molecule has 0 aliphatic rings. The highest BCUT2D eigenvalue weighted by Crippen LogP contribution is 2.35. The van der Waals surface area contributed by atoms with Crippen LogP contribution in [0.3, 0.4) is 0 Å². The first-order valence-corrected chi connectivity index (χ1v) is 9.01. The van der Waals surface area contributed by atoms with E-state index in [0.717, 1.165) is 0 Å². The third kappa shape index (κ3) is 4.19. The van der Waals surface area contributed by atoms with E-state index >= 15 is 0 Å². The van der Waals surface area contributed by atoms with Gasteiger partial charge in [-0.25, -0.2) is 0 Å². The molecule has 0 spiro atoms. The molecule has 0 saturated heterocycles. The predicted molar refractivity (Wildman–Crippen MR) is 102 cm³/mol. The van der Waals surface area contributed by atoms with Gasteiger partial charge in [0.05, 0.1) is 0 Å². The molecule has 0 aliphatic heterocycles. The Hall–Kier alpha value is -2.16. The molecule has 0 atom stereocenters. The zero-order valence-corrected chi connectivity index (χ0v) is 14.5. The number of hydrogen-bond acceptors (Lipinski definition) is 2. The third-order valence-corrected chi connectivity index (χ3v) is 4.94. The molecule has 23 heavy (non-hydrogen) atoms. The molecule has 0 saturated carbocycles. The van der Waals surface area contributed by atoms with E-state index in [1.165, 1.54) is 26.4 Å². The van der Waals surface area contributed by atoms with Gasteiger partial charge in [-0.3, -0.25) is 0 Å². The minimum Gasteiger partial charge on any atom is -0.140 e. The third-order valence-electron chi connectivity index (χ3n) is 3.34. The molecule has 112 valence electrons. The largest absolute Gasteiger partial charge is 0.140 e. The van der Waals surface area contributed by atoms with Gasteiger partial charge in [0.1, 0.15) is 0 Å². The second-order valence-electron chi connectivity index (χ2n) is 5.00. The average Bonchev–Trinajstić information content (AvgIpc) is 3.28. The van der Waals surface area contributed by atoms with Crippen molar-refractivity contribution in [1.29, 1.82) is 0 Å². The number of benzene rings is 2. The number of rotatable bonds is 2. The van der Waals surface area contributed by atoms with Gasteiger partial charge in [-0.05, 0) is 36.2 Å². The molecule has 0 bridgehead atoms. The highest BCUT2D eigenvalue weighted by molar-refractivity contribution is 7.13. The van der Waals surface area contributed by atoms with Gasteiger partial charge in [-0.1, -0.05) is 60.7 Å². The molecule has 2 aromatic heterocycles. The summed E-state index contributed by atoms with van der Waals surface area (Å²) >= 11 is 3.33. The van der Waals surface area contributed by atoms with Gasteiger partial charge in [-0.2, -0.15) is 0 Å². The normalized spacial score (nSPS) is 9.96. The van der Waals surface area contributed by atoms with E-state index in [1.807, 2.05) is 24.3 Å². The quantitative estimate of drug-likeness (QED) is 0.381. The summed E-state index contributed by atoms with van der Waals surface area (Å²) in [5, 5.41) is 6.21. The van der Waals surface area contributed by atoms with Crippen LogP contribution in [0.25, 0.3) is 21.6 Å². The van der Waals surface area contributed by atoms with Crippen LogP contribution in [0.4, 0.5) is 0 Å². The van der Waals surface area contributed by atoms with Crippen LogP contribution in [0.5, 0.6) is 0 Å². The maximum Gasteiger partial charge on any atom is 0.0456 e.